The van der Waals surface area contributed by atoms with E-state index in [9.17, 15) is 31.5 Å². The molecule has 0 bridgehead atoms. The zero-order valence-corrected chi connectivity index (χ0v) is 28.4. The highest BCUT2D eigenvalue weighted by molar-refractivity contribution is 6.04. The Morgan fingerprint density at radius 2 is 1.76 bits per heavy atom. The molecule has 1 amide bonds. The van der Waals surface area contributed by atoms with Gasteiger partial charge in [0.05, 0.1) is 31.0 Å². The van der Waals surface area contributed by atoms with Crippen molar-refractivity contribution in [3.05, 3.63) is 47.2 Å². The van der Waals surface area contributed by atoms with Crippen molar-refractivity contribution in [1.29, 1.82) is 0 Å². The smallest absolute Gasteiger partial charge is 0.421 e. The van der Waals surface area contributed by atoms with Gasteiger partial charge in [-0.15, -0.1) is 0 Å². The predicted octanol–water partition coefficient (Wildman–Crippen LogP) is 8.42. The number of aromatic nitrogens is 1. The molecule has 2 aliphatic carbocycles. The Bertz CT molecular complexity index is 1460. The molecule has 0 radical (unpaired) electrons. The average molecular weight is 696 g/mol. The lowest BCUT2D eigenvalue weighted by Gasteiger charge is -2.40. The fraction of sp³-hybridized carbons (Fsp3) is 0.639. The lowest BCUT2D eigenvalue weighted by Crippen LogP contribution is -2.47. The van der Waals surface area contributed by atoms with Crippen LogP contribution in [-0.2, 0) is 27.0 Å². The van der Waals surface area contributed by atoms with Gasteiger partial charge in [-0.3, -0.25) is 9.69 Å². The van der Waals surface area contributed by atoms with Crippen molar-refractivity contribution >= 4 is 17.6 Å². The number of esters is 1. The van der Waals surface area contributed by atoms with Crippen molar-refractivity contribution in [3.63, 3.8) is 0 Å². The molecule has 0 atom stereocenters. The lowest BCUT2D eigenvalue weighted by molar-refractivity contribution is -0.139. The van der Waals surface area contributed by atoms with Crippen molar-refractivity contribution in [2.75, 3.05) is 31.7 Å². The van der Waals surface area contributed by atoms with E-state index in [2.05, 4.69) is 11.9 Å². The number of nitrogens with zero attached hydrogens (tertiary/aromatic N) is 3. The number of amides is 1. The first-order chi connectivity index (χ1) is 23.3. The molecular weight excluding hydrogens is 649 g/mol. The molecule has 2 aromatic rings. The second-order valence-corrected chi connectivity index (χ2v) is 13.7. The maximum absolute atomic E-state index is 14.3. The van der Waals surface area contributed by atoms with Crippen LogP contribution in [-0.4, -0.2) is 66.6 Å². The lowest BCUT2D eigenvalue weighted by atomic mass is 9.81. The first kappa shape index (κ1) is 36.9. The zero-order valence-electron chi connectivity index (χ0n) is 28.4. The fourth-order valence-electron chi connectivity index (χ4n) is 7.38. The number of hydrogen-bond acceptors (Lipinski definition) is 7. The molecule has 270 valence electrons. The van der Waals surface area contributed by atoms with Crippen LogP contribution in [0.4, 0.5) is 27.6 Å². The van der Waals surface area contributed by atoms with Crippen LogP contribution in [0.3, 0.4) is 0 Å². The number of carbonyl (C=O) groups is 2. The summed E-state index contributed by atoms with van der Waals surface area (Å²) in [5.74, 6) is -4.28. The summed E-state index contributed by atoms with van der Waals surface area (Å²) in [6, 6.07) is 4.88. The van der Waals surface area contributed by atoms with Crippen LogP contribution in [0.25, 0.3) is 0 Å². The highest BCUT2D eigenvalue weighted by Crippen LogP contribution is 2.41. The van der Waals surface area contributed by atoms with Crippen LogP contribution in [0.5, 0.6) is 11.6 Å². The van der Waals surface area contributed by atoms with Crippen LogP contribution in [0.15, 0.2) is 30.5 Å². The Morgan fingerprint density at radius 3 is 2.39 bits per heavy atom. The first-order valence-electron chi connectivity index (χ1n) is 17.3. The maximum Gasteiger partial charge on any atom is 0.421 e. The fourth-order valence-corrected chi connectivity index (χ4v) is 7.38. The Kier molecular flexibility index (Phi) is 11.8. The minimum Gasteiger partial charge on any atom is -0.465 e. The van der Waals surface area contributed by atoms with E-state index in [1.807, 2.05) is 6.92 Å². The number of hydrogen-bond donors (Lipinski definition) is 0. The topological polar surface area (TPSA) is 81.2 Å². The van der Waals surface area contributed by atoms with Gasteiger partial charge in [0.25, 0.3) is 5.92 Å². The minimum atomic E-state index is -4.86. The van der Waals surface area contributed by atoms with Gasteiger partial charge in [-0.25, -0.2) is 18.6 Å². The predicted molar refractivity (Wildman–Crippen MR) is 173 cm³/mol. The standard InChI is InChI=1S/C36H46F5N3O5/c1-4-48-27-12-10-26(11-13-27)44(33(45)25-8-6-23(2)7-9-25)31-15-14-28(19-29(31)34(46)47-3)49-32-30(36(39,40)41)18-24(20-42-32)21-43-17-5-16-35(37,38)22-43/h14-15,18-20,23,25-27H,4-13,16-17,21-22H2,1-3H3. The monoisotopic (exact) mass is 695 g/mol. The molecule has 3 aliphatic rings. The van der Waals surface area contributed by atoms with E-state index in [1.54, 1.807) is 4.90 Å². The van der Waals surface area contributed by atoms with Crippen LogP contribution < -0.4 is 9.64 Å². The number of alkyl halides is 5. The number of halogens is 5. The third-order valence-electron chi connectivity index (χ3n) is 9.95. The van der Waals surface area contributed by atoms with E-state index in [0.717, 1.165) is 44.6 Å². The molecule has 2 heterocycles. The van der Waals surface area contributed by atoms with Gasteiger partial charge in [0, 0.05) is 37.7 Å². The van der Waals surface area contributed by atoms with Gasteiger partial charge in [-0.1, -0.05) is 6.92 Å². The molecule has 5 rings (SSSR count). The van der Waals surface area contributed by atoms with Crippen LogP contribution >= 0.6 is 0 Å². The van der Waals surface area contributed by atoms with Crippen LogP contribution in [0, 0.1) is 11.8 Å². The first-order valence-corrected chi connectivity index (χ1v) is 17.3. The van der Waals surface area contributed by atoms with Crippen molar-refractivity contribution in [3.8, 4) is 11.6 Å². The van der Waals surface area contributed by atoms with Crippen molar-refractivity contribution in [1.82, 2.24) is 9.88 Å². The second kappa shape index (κ2) is 15.7. The molecule has 49 heavy (non-hydrogen) atoms. The summed E-state index contributed by atoms with van der Waals surface area (Å²) in [4.78, 5) is 34.5. The van der Waals surface area contributed by atoms with E-state index in [0.29, 0.717) is 37.6 Å². The van der Waals surface area contributed by atoms with E-state index in [1.165, 1.54) is 36.4 Å². The van der Waals surface area contributed by atoms with Gasteiger partial charge >= 0.3 is 12.1 Å². The number of benzene rings is 1. The van der Waals surface area contributed by atoms with Gasteiger partial charge in [0.15, 0.2) is 0 Å². The largest absolute Gasteiger partial charge is 0.465 e. The molecule has 3 fully saturated rings. The summed E-state index contributed by atoms with van der Waals surface area (Å²) in [7, 11) is 1.20. The number of anilines is 1. The highest BCUT2D eigenvalue weighted by atomic mass is 19.4. The third-order valence-corrected chi connectivity index (χ3v) is 9.95. The molecule has 0 unspecified atom stereocenters. The number of methoxy groups -OCH3 is 1. The average Bonchev–Trinajstić information content (AvgIpc) is 3.06. The third kappa shape index (κ3) is 9.27. The summed E-state index contributed by atoms with van der Waals surface area (Å²) in [6.07, 6.45) is 2.55. The van der Waals surface area contributed by atoms with Gasteiger partial charge < -0.3 is 19.1 Å². The summed E-state index contributed by atoms with van der Waals surface area (Å²) in [6.45, 7) is 4.39. The van der Waals surface area contributed by atoms with E-state index in [4.69, 9.17) is 14.2 Å². The Labute approximate surface area is 284 Å². The summed E-state index contributed by atoms with van der Waals surface area (Å²) in [5, 5.41) is 0. The van der Waals surface area contributed by atoms with Gasteiger partial charge in [0.2, 0.25) is 11.8 Å². The van der Waals surface area contributed by atoms with Crippen LogP contribution in [0.2, 0.25) is 0 Å². The molecule has 1 saturated heterocycles. The molecule has 1 aromatic heterocycles. The molecule has 1 aromatic carbocycles. The van der Waals surface area contributed by atoms with Crippen molar-refractivity contribution in [2.24, 2.45) is 11.8 Å². The normalized spacial score (nSPS) is 24.7. The summed E-state index contributed by atoms with van der Waals surface area (Å²) in [5.41, 5.74) is -0.749. The van der Waals surface area contributed by atoms with Crippen molar-refractivity contribution < 1.29 is 45.8 Å². The number of ether oxygens (including phenoxy) is 3. The summed E-state index contributed by atoms with van der Waals surface area (Å²) < 4.78 is 87.2. The number of rotatable bonds is 10. The minimum absolute atomic E-state index is 0.0133. The SMILES string of the molecule is CCOC1CCC(N(C(=O)C2CCC(C)CC2)c2ccc(Oc3ncc(CN4CCCC(F)(F)C4)cc3C(F)(F)F)cc2C(=O)OC)CC1. The Balaban J connectivity index is 1.45. The number of pyridine rings is 1. The molecule has 1 aliphatic heterocycles. The van der Waals surface area contributed by atoms with E-state index in [-0.39, 0.29) is 60.2 Å². The van der Waals surface area contributed by atoms with E-state index >= 15 is 0 Å². The molecule has 0 spiro atoms. The molecular formula is C36H46F5N3O5. The summed E-state index contributed by atoms with van der Waals surface area (Å²) >= 11 is 0. The number of piperidine rings is 1. The Hall–Kier alpha value is -3.32. The zero-order chi connectivity index (χ0) is 35.3. The van der Waals surface area contributed by atoms with Gasteiger partial charge in [-0.05, 0) is 107 Å². The molecule has 8 nitrogen and oxygen atoms in total. The maximum atomic E-state index is 14.3. The Morgan fingerprint density at radius 1 is 1.04 bits per heavy atom. The number of carbonyl (C=O) groups excluding carboxylic acids is 2. The molecule has 0 N–H and O–H groups in total. The van der Waals surface area contributed by atoms with Crippen LogP contribution in [0.1, 0.15) is 99.5 Å². The highest BCUT2D eigenvalue weighted by Gasteiger charge is 2.39. The number of likely N-dealkylation sites (tertiary alicyclic amines) is 1. The second-order valence-electron chi connectivity index (χ2n) is 13.7. The molecule has 2 saturated carbocycles. The van der Waals surface area contributed by atoms with Gasteiger partial charge in [-0.2, -0.15) is 13.2 Å². The molecule has 13 heteroatoms. The quantitative estimate of drug-likeness (QED) is 0.182. The van der Waals surface area contributed by atoms with Gasteiger partial charge in [0.1, 0.15) is 11.3 Å². The van der Waals surface area contributed by atoms with Crippen molar-refractivity contribution in [2.45, 2.75) is 109 Å². The van der Waals surface area contributed by atoms with E-state index < -0.39 is 36.1 Å².